The van der Waals surface area contributed by atoms with Gasteiger partial charge in [0.25, 0.3) is 0 Å². The molecule has 0 N–H and O–H groups in total. The summed E-state index contributed by atoms with van der Waals surface area (Å²) in [6.45, 7) is 11.3. The molecule has 0 saturated heterocycles. The zero-order valence-corrected chi connectivity index (χ0v) is 21.5. The van der Waals surface area contributed by atoms with E-state index in [2.05, 4.69) is 62.4 Å². The number of aryl methyl sites for hydroxylation is 3. The fourth-order valence-electron chi connectivity index (χ4n) is 4.13. The lowest BCUT2D eigenvalue weighted by molar-refractivity contribution is -0.143. The standard InChI is InChI=1S/C31H36O4/c1-6-27(33-7-2)21-35-28-14-16-30(26(20-28)13-17-31(32)34-8-3)25-12-15-29(23(5)19-25)24-11-9-10-22(4)18-24/h6,9-12,14-16,18-20H,7-8,13,17,21H2,1-5H3. The van der Waals surface area contributed by atoms with Crippen LogP contribution in [0.1, 0.15) is 43.9 Å². The van der Waals surface area contributed by atoms with Crippen LogP contribution in [0.15, 0.2) is 72.5 Å². The van der Waals surface area contributed by atoms with E-state index >= 15 is 0 Å². The van der Waals surface area contributed by atoms with Gasteiger partial charge in [0.2, 0.25) is 0 Å². The summed E-state index contributed by atoms with van der Waals surface area (Å²) in [6, 6.07) is 21.2. The van der Waals surface area contributed by atoms with E-state index in [0.717, 1.165) is 28.2 Å². The first kappa shape index (κ1) is 26.1. The van der Waals surface area contributed by atoms with Gasteiger partial charge in [0.05, 0.1) is 13.2 Å². The highest BCUT2D eigenvalue weighted by molar-refractivity contribution is 5.76. The summed E-state index contributed by atoms with van der Waals surface area (Å²) in [7, 11) is 0. The number of rotatable bonds is 11. The van der Waals surface area contributed by atoms with Gasteiger partial charge in [-0.3, -0.25) is 4.79 Å². The third-order valence-corrected chi connectivity index (χ3v) is 5.88. The predicted molar refractivity (Wildman–Crippen MR) is 143 cm³/mol. The highest BCUT2D eigenvalue weighted by Gasteiger charge is 2.13. The van der Waals surface area contributed by atoms with Crippen molar-refractivity contribution in [2.24, 2.45) is 0 Å². The lowest BCUT2D eigenvalue weighted by Gasteiger charge is -2.16. The summed E-state index contributed by atoms with van der Waals surface area (Å²) in [4.78, 5) is 12.1. The van der Waals surface area contributed by atoms with Gasteiger partial charge < -0.3 is 14.2 Å². The van der Waals surface area contributed by atoms with Crippen molar-refractivity contribution < 1.29 is 19.0 Å². The Morgan fingerprint density at radius 3 is 2.29 bits per heavy atom. The quantitative estimate of drug-likeness (QED) is 0.215. The second-order valence-corrected chi connectivity index (χ2v) is 8.50. The first-order valence-corrected chi connectivity index (χ1v) is 12.3. The van der Waals surface area contributed by atoms with Crippen molar-refractivity contribution in [3.8, 4) is 28.0 Å². The molecule has 4 nitrogen and oxygen atoms in total. The van der Waals surface area contributed by atoms with Crippen molar-refractivity contribution >= 4 is 5.97 Å². The molecule has 0 radical (unpaired) electrons. The number of hydrogen-bond donors (Lipinski definition) is 0. The van der Waals surface area contributed by atoms with Crippen LogP contribution in [-0.4, -0.2) is 25.8 Å². The molecule has 4 heteroatoms. The van der Waals surface area contributed by atoms with Gasteiger partial charge in [0.1, 0.15) is 18.1 Å². The Bertz CT molecular complexity index is 1180. The molecular weight excluding hydrogens is 436 g/mol. The van der Waals surface area contributed by atoms with E-state index in [9.17, 15) is 4.79 Å². The maximum Gasteiger partial charge on any atom is 0.306 e. The molecule has 0 aromatic heterocycles. The minimum Gasteiger partial charge on any atom is -0.495 e. The average molecular weight is 473 g/mol. The van der Waals surface area contributed by atoms with Gasteiger partial charge in [-0.05, 0) is 92.6 Å². The first-order valence-electron chi connectivity index (χ1n) is 12.3. The molecule has 0 fully saturated rings. The predicted octanol–water partition coefficient (Wildman–Crippen LogP) is 7.45. The third-order valence-electron chi connectivity index (χ3n) is 5.88. The maximum atomic E-state index is 12.1. The Hall–Kier alpha value is -3.53. The third kappa shape index (κ3) is 7.22. The van der Waals surface area contributed by atoms with Crippen LogP contribution in [0.2, 0.25) is 0 Å². The molecule has 0 bridgehead atoms. The highest BCUT2D eigenvalue weighted by Crippen LogP contribution is 2.33. The van der Waals surface area contributed by atoms with Crippen molar-refractivity contribution in [3.05, 3.63) is 89.2 Å². The zero-order chi connectivity index (χ0) is 25.2. The van der Waals surface area contributed by atoms with Crippen LogP contribution in [0.3, 0.4) is 0 Å². The average Bonchev–Trinajstić information content (AvgIpc) is 2.85. The SMILES string of the molecule is CC=C(COc1ccc(-c2ccc(-c3cccc(C)c3)c(C)c2)c(CCC(=O)OCC)c1)OCC. The van der Waals surface area contributed by atoms with Crippen molar-refractivity contribution in [1.29, 1.82) is 0 Å². The maximum absolute atomic E-state index is 12.1. The van der Waals surface area contributed by atoms with Crippen LogP contribution < -0.4 is 4.74 Å². The smallest absolute Gasteiger partial charge is 0.306 e. The van der Waals surface area contributed by atoms with E-state index in [-0.39, 0.29) is 5.97 Å². The number of esters is 1. The van der Waals surface area contributed by atoms with Gasteiger partial charge in [-0.25, -0.2) is 0 Å². The van der Waals surface area contributed by atoms with Crippen molar-refractivity contribution in [2.75, 3.05) is 19.8 Å². The Balaban J connectivity index is 1.91. The number of benzene rings is 3. The van der Waals surface area contributed by atoms with E-state index in [1.165, 1.54) is 22.3 Å². The fourth-order valence-corrected chi connectivity index (χ4v) is 4.13. The molecule has 0 heterocycles. The largest absolute Gasteiger partial charge is 0.495 e. The molecular formula is C31H36O4. The second kappa shape index (κ2) is 12.8. The van der Waals surface area contributed by atoms with Gasteiger partial charge >= 0.3 is 5.97 Å². The molecule has 3 rings (SSSR count). The van der Waals surface area contributed by atoms with E-state index in [1.54, 1.807) is 0 Å². The summed E-state index contributed by atoms with van der Waals surface area (Å²) in [5.41, 5.74) is 8.16. The second-order valence-electron chi connectivity index (χ2n) is 8.50. The lowest BCUT2D eigenvalue weighted by Crippen LogP contribution is -2.07. The van der Waals surface area contributed by atoms with Gasteiger partial charge in [0.15, 0.2) is 0 Å². The van der Waals surface area contributed by atoms with Crippen LogP contribution in [0, 0.1) is 13.8 Å². The minimum absolute atomic E-state index is 0.191. The van der Waals surface area contributed by atoms with Crippen LogP contribution in [0.5, 0.6) is 5.75 Å². The topological polar surface area (TPSA) is 44.8 Å². The molecule has 35 heavy (non-hydrogen) atoms. The minimum atomic E-state index is -0.191. The summed E-state index contributed by atoms with van der Waals surface area (Å²) >= 11 is 0. The Morgan fingerprint density at radius 1 is 0.857 bits per heavy atom. The van der Waals surface area contributed by atoms with Crippen LogP contribution in [0.25, 0.3) is 22.3 Å². The molecule has 0 aliphatic heterocycles. The number of carbonyl (C=O) groups is 1. The monoisotopic (exact) mass is 472 g/mol. The van der Waals surface area contributed by atoms with Crippen molar-refractivity contribution in [2.45, 2.75) is 47.5 Å². The molecule has 0 aliphatic carbocycles. The molecule has 3 aromatic rings. The summed E-state index contributed by atoms with van der Waals surface area (Å²) in [6.07, 6.45) is 2.81. The van der Waals surface area contributed by atoms with Gasteiger partial charge in [-0.2, -0.15) is 0 Å². The van der Waals surface area contributed by atoms with Crippen LogP contribution >= 0.6 is 0 Å². The molecule has 184 valence electrons. The number of hydrogen-bond acceptors (Lipinski definition) is 4. The Morgan fingerprint density at radius 2 is 1.60 bits per heavy atom. The molecule has 0 saturated carbocycles. The van der Waals surface area contributed by atoms with Crippen LogP contribution in [-0.2, 0) is 20.7 Å². The zero-order valence-electron chi connectivity index (χ0n) is 21.5. The number of carbonyl (C=O) groups excluding carboxylic acids is 1. The van der Waals surface area contributed by atoms with Gasteiger partial charge in [-0.1, -0.05) is 54.1 Å². The first-order chi connectivity index (χ1) is 16.9. The fraction of sp³-hybridized carbons (Fsp3) is 0.323. The van der Waals surface area contributed by atoms with E-state index < -0.39 is 0 Å². The Kier molecular flexibility index (Phi) is 9.54. The van der Waals surface area contributed by atoms with E-state index in [4.69, 9.17) is 14.2 Å². The van der Waals surface area contributed by atoms with Crippen LogP contribution in [0.4, 0.5) is 0 Å². The number of ether oxygens (including phenoxy) is 3. The van der Waals surface area contributed by atoms with Gasteiger partial charge in [0, 0.05) is 6.42 Å². The van der Waals surface area contributed by atoms with Crippen molar-refractivity contribution in [3.63, 3.8) is 0 Å². The molecule has 0 spiro atoms. The summed E-state index contributed by atoms with van der Waals surface area (Å²) in [5, 5.41) is 0. The highest BCUT2D eigenvalue weighted by atomic mass is 16.5. The molecule has 3 aromatic carbocycles. The van der Waals surface area contributed by atoms with Gasteiger partial charge in [-0.15, -0.1) is 0 Å². The molecule has 0 amide bonds. The lowest BCUT2D eigenvalue weighted by atomic mass is 9.92. The molecule has 0 atom stereocenters. The normalized spacial score (nSPS) is 11.3. The summed E-state index contributed by atoms with van der Waals surface area (Å²) in [5.74, 6) is 1.36. The van der Waals surface area contributed by atoms with E-state index in [0.29, 0.717) is 32.7 Å². The molecule has 0 unspecified atom stereocenters. The molecule has 0 aliphatic rings. The number of allylic oxidation sites excluding steroid dienone is 1. The van der Waals surface area contributed by atoms with E-state index in [1.807, 2.05) is 39.0 Å². The summed E-state index contributed by atoms with van der Waals surface area (Å²) < 4.78 is 16.7. The van der Waals surface area contributed by atoms with Crippen molar-refractivity contribution in [1.82, 2.24) is 0 Å². The Labute approximate surface area is 209 Å².